The maximum absolute atomic E-state index is 14.0. The third-order valence-corrected chi connectivity index (χ3v) is 6.39. The van der Waals surface area contributed by atoms with Gasteiger partial charge in [0.1, 0.15) is 10.7 Å². The Morgan fingerprint density at radius 1 is 1.32 bits per heavy atom. The highest BCUT2D eigenvalue weighted by molar-refractivity contribution is 7.89. The monoisotopic (exact) mass is 371 g/mol. The normalized spacial score (nSPS) is 28.6. The smallest absolute Gasteiger partial charge is 0.240 e. The van der Waals surface area contributed by atoms with Crippen LogP contribution >= 0.6 is 0 Å². The standard InChI is InChI=1S/C16H22FN3O4S/c17-13-8-12(2-3-14(13)25(18,21)22)19-10-15-4-1-5-20(15)11-16(9-15)23-6-7-24-16/h2-3,8,19H,1,4-7,9-11H2,(H2,18,21,22). The van der Waals surface area contributed by atoms with Crippen LogP contribution in [0.25, 0.3) is 0 Å². The van der Waals surface area contributed by atoms with Crippen molar-refractivity contribution in [2.45, 2.75) is 35.5 Å². The van der Waals surface area contributed by atoms with E-state index in [2.05, 4.69) is 10.2 Å². The molecule has 0 radical (unpaired) electrons. The lowest BCUT2D eigenvalue weighted by Crippen LogP contribution is -2.44. The minimum absolute atomic E-state index is 0.0839. The van der Waals surface area contributed by atoms with E-state index in [-0.39, 0.29) is 5.54 Å². The Bertz CT molecular complexity index is 782. The number of ether oxygens (including phenoxy) is 2. The summed E-state index contributed by atoms with van der Waals surface area (Å²) < 4.78 is 48.3. The molecule has 3 N–H and O–H groups in total. The summed E-state index contributed by atoms with van der Waals surface area (Å²) in [4.78, 5) is 1.90. The van der Waals surface area contributed by atoms with Crippen molar-refractivity contribution in [1.29, 1.82) is 0 Å². The van der Waals surface area contributed by atoms with Gasteiger partial charge in [-0.1, -0.05) is 0 Å². The van der Waals surface area contributed by atoms with Gasteiger partial charge < -0.3 is 14.8 Å². The average Bonchev–Trinajstić information content (AvgIpc) is 3.19. The fraction of sp³-hybridized carbons (Fsp3) is 0.625. The summed E-state index contributed by atoms with van der Waals surface area (Å²) in [6.45, 7) is 3.62. The average molecular weight is 371 g/mol. The number of sulfonamides is 1. The third kappa shape index (κ3) is 3.04. The first-order valence-corrected chi connectivity index (χ1v) is 9.96. The van der Waals surface area contributed by atoms with Crippen LogP contribution < -0.4 is 10.5 Å². The van der Waals surface area contributed by atoms with Crippen LogP contribution in [-0.4, -0.2) is 57.5 Å². The number of benzene rings is 1. The predicted molar refractivity (Wildman–Crippen MR) is 89.1 cm³/mol. The highest BCUT2D eigenvalue weighted by Gasteiger charge is 2.57. The van der Waals surface area contributed by atoms with Crippen LogP contribution in [-0.2, 0) is 19.5 Å². The topological polar surface area (TPSA) is 93.9 Å². The molecular formula is C16H22FN3O4S. The molecule has 1 unspecified atom stereocenters. The van der Waals surface area contributed by atoms with Gasteiger partial charge in [0.05, 0.1) is 19.8 Å². The van der Waals surface area contributed by atoms with E-state index in [1.165, 1.54) is 18.2 Å². The fourth-order valence-corrected chi connectivity index (χ4v) is 4.94. The van der Waals surface area contributed by atoms with Gasteiger partial charge in [-0.15, -0.1) is 0 Å². The summed E-state index contributed by atoms with van der Waals surface area (Å²) in [5.41, 5.74) is 0.444. The van der Waals surface area contributed by atoms with Gasteiger partial charge in [-0.2, -0.15) is 0 Å². The summed E-state index contributed by atoms with van der Waals surface area (Å²) in [7, 11) is -4.06. The highest BCUT2D eigenvalue weighted by Crippen LogP contribution is 2.46. The van der Waals surface area contributed by atoms with Crippen molar-refractivity contribution in [1.82, 2.24) is 4.90 Å². The van der Waals surface area contributed by atoms with E-state index in [4.69, 9.17) is 14.6 Å². The van der Waals surface area contributed by atoms with Crippen molar-refractivity contribution >= 4 is 15.7 Å². The quantitative estimate of drug-likeness (QED) is 0.816. The van der Waals surface area contributed by atoms with Gasteiger partial charge in [-0.05, 0) is 37.6 Å². The van der Waals surface area contributed by atoms with Crippen molar-refractivity contribution < 1.29 is 22.3 Å². The van der Waals surface area contributed by atoms with Gasteiger partial charge in [0.15, 0.2) is 5.79 Å². The number of anilines is 1. The van der Waals surface area contributed by atoms with Crippen molar-refractivity contribution in [3.63, 3.8) is 0 Å². The third-order valence-electron chi connectivity index (χ3n) is 5.44. The molecule has 3 aliphatic heterocycles. The molecule has 1 aromatic rings. The van der Waals surface area contributed by atoms with Crippen molar-refractivity contribution in [3.05, 3.63) is 24.0 Å². The Hall–Kier alpha value is -1.26. The van der Waals surface area contributed by atoms with Crippen molar-refractivity contribution in [2.75, 3.05) is 38.2 Å². The van der Waals surface area contributed by atoms with E-state index >= 15 is 0 Å². The van der Waals surface area contributed by atoms with Crippen molar-refractivity contribution in [2.24, 2.45) is 5.14 Å². The van der Waals surface area contributed by atoms with Gasteiger partial charge in [-0.3, -0.25) is 4.90 Å². The number of fused-ring (bicyclic) bond motifs is 1. The molecule has 3 heterocycles. The minimum atomic E-state index is -4.06. The molecule has 25 heavy (non-hydrogen) atoms. The second kappa shape index (κ2) is 5.88. The number of rotatable bonds is 4. The summed E-state index contributed by atoms with van der Waals surface area (Å²) in [5.74, 6) is -1.36. The van der Waals surface area contributed by atoms with E-state index in [1.807, 2.05) is 0 Å². The molecule has 1 atom stereocenters. The Kier molecular flexibility index (Phi) is 4.04. The van der Waals surface area contributed by atoms with Gasteiger partial charge >= 0.3 is 0 Å². The number of primary sulfonamides is 1. The molecule has 3 fully saturated rings. The zero-order valence-electron chi connectivity index (χ0n) is 13.8. The second-order valence-electron chi connectivity index (χ2n) is 7.08. The zero-order chi connectivity index (χ0) is 17.7. The maximum Gasteiger partial charge on any atom is 0.240 e. The largest absolute Gasteiger partial charge is 0.383 e. The van der Waals surface area contributed by atoms with Crippen LogP contribution in [0.15, 0.2) is 23.1 Å². The summed E-state index contributed by atoms with van der Waals surface area (Å²) >= 11 is 0. The van der Waals surface area contributed by atoms with Crippen LogP contribution in [0.5, 0.6) is 0 Å². The minimum Gasteiger partial charge on any atom is -0.383 e. The van der Waals surface area contributed by atoms with Gasteiger partial charge in [-0.25, -0.2) is 17.9 Å². The van der Waals surface area contributed by atoms with E-state index in [0.717, 1.165) is 32.4 Å². The number of hydrogen-bond donors (Lipinski definition) is 2. The van der Waals surface area contributed by atoms with Gasteiger partial charge in [0.25, 0.3) is 0 Å². The number of nitrogens with two attached hydrogens (primary N) is 1. The molecule has 9 heteroatoms. The van der Waals surface area contributed by atoms with E-state index in [9.17, 15) is 12.8 Å². The lowest BCUT2D eigenvalue weighted by molar-refractivity contribution is -0.147. The van der Waals surface area contributed by atoms with E-state index < -0.39 is 26.5 Å². The zero-order valence-corrected chi connectivity index (χ0v) is 14.6. The molecule has 138 valence electrons. The van der Waals surface area contributed by atoms with Crippen LogP contribution in [0, 0.1) is 5.82 Å². The molecule has 3 saturated heterocycles. The molecule has 0 bridgehead atoms. The van der Waals surface area contributed by atoms with Crippen LogP contribution in [0.2, 0.25) is 0 Å². The molecule has 1 spiro atoms. The maximum atomic E-state index is 14.0. The number of nitrogens with one attached hydrogen (secondary N) is 1. The highest BCUT2D eigenvalue weighted by atomic mass is 32.2. The van der Waals surface area contributed by atoms with Gasteiger partial charge in [0, 0.05) is 24.2 Å². The Morgan fingerprint density at radius 2 is 2.08 bits per heavy atom. The Balaban J connectivity index is 1.50. The lowest BCUT2D eigenvalue weighted by atomic mass is 9.92. The summed E-state index contributed by atoms with van der Waals surface area (Å²) in [5, 5.41) is 8.24. The molecule has 0 saturated carbocycles. The Labute approximate surface area is 146 Å². The van der Waals surface area contributed by atoms with Crippen molar-refractivity contribution in [3.8, 4) is 0 Å². The fourth-order valence-electron chi connectivity index (χ4n) is 4.35. The number of hydrogen-bond acceptors (Lipinski definition) is 6. The first kappa shape index (κ1) is 17.2. The Morgan fingerprint density at radius 3 is 2.76 bits per heavy atom. The lowest BCUT2D eigenvalue weighted by Gasteiger charge is -2.32. The number of halogens is 1. The molecular weight excluding hydrogens is 349 g/mol. The van der Waals surface area contributed by atoms with Crippen LogP contribution in [0.4, 0.5) is 10.1 Å². The molecule has 0 aliphatic carbocycles. The SMILES string of the molecule is NS(=O)(=O)c1ccc(NCC23CCCN2CC2(C3)OCCO2)cc1F. The summed E-state index contributed by atoms with van der Waals surface area (Å²) in [6.07, 6.45) is 2.91. The van der Waals surface area contributed by atoms with Gasteiger partial charge in [0.2, 0.25) is 10.0 Å². The molecule has 3 aliphatic rings. The second-order valence-corrected chi connectivity index (χ2v) is 8.61. The molecule has 0 aromatic heterocycles. The molecule has 1 aromatic carbocycles. The number of nitrogens with zero attached hydrogens (tertiary/aromatic N) is 1. The first-order valence-electron chi connectivity index (χ1n) is 8.41. The summed E-state index contributed by atoms with van der Waals surface area (Å²) in [6, 6.07) is 3.89. The molecule has 0 amide bonds. The predicted octanol–water partition coefficient (Wildman–Crippen LogP) is 0.866. The van der Waals surface area contributed by atoms with E-state index in [0.29, 0.717) is 25.4 Å². The van der Waals surface area contributed by atoms with Crippen LogP contribution in [0.1, 0.15) is 19.3 Å². The molecule has 4 rings (SSSR count). The first-order chi connectivity index (χ1) is 11.8. The van der Waals surface area contributed by atoms with E-state index in [1.54, 1.807) is 0 Å². The van der Waals surface area contributed by atoms with Crippen LogP contribution in [0.3, 0.4) is 0 Å². The molecule has 7 nitrogen and oxygen atoms in total.